The van der Waals surface area contributed by atoms with Crippen LogP contribution in [-0.2, 0) is 14.8 Å². The average Bonchev–Trinajstić information content (AvgIpc) is 2.47. The lowest BCUT2D eigenvalue weighted by molar-refractivity contribution is -0.0120. The summed E-state index contributed by atoms with van der Waals surface area (Å²) in [5.74, 6) is 0.671. The van der Waals surface area contributed by atoms with Gasteiger partial charge in [-0.25, -0.2) is 8.42 Å². The zero-order valence-electron chi connectivity index (χ0n) is 12.6. The highest BCUT2D eigenvalue weighted by molar-refractivity contribution is 7.89. The molecule has 2 rings (SSSR count). The van der Waals surface area contributed by atoms with E-state index in [9.17, 15) is 8.42 Å². The molecule has 6 nitrogen and oxygen atoms in total. The van der Waals surface area contributed by atoms with Crippen LogP contribution >= 0.6 is 0 Å². The van der Waals surface area contributed by atoms with Crippen LogP contribution in [0.25, 0.3) is 0 Å². The van der Waals surface area contributed by atoms with Gasteiger partial charge in [0.2, 0.25) is 10.0 Å². The summed E-state index contributed by atoms with van der Waals surface area (Å²) in [4.78, 5) is 0.270. The number of hydrogen-bond acceptors (Lipinski definition) is 5. The second-order valence-corrected chi connectivity index (χ2v) is 7.20. The second kappa shape index (κ2) is 6.31. The first-order chi connectivity index (χ1) is 9.86. The Morgan fingerprint density at radius 3 is 2.76 bits per heavy atom. The van der Waals surface area contributed by atoms with Crippen molar-refractivity contribution in [1.82, 2.24) is 4.31 Å². The number of sulfonamides is 1. The van der Waals surface area contributed by atoms with Gasteiger partial charge in [-0.05, 0) is 37.6 Å². The van der Waals surface area contributed by atoms with E-state index in [0.717, 1.165) is 5.56 Å². The zero-order chi connectivity index (χ0) is 15.6. The summed E-state index contributed by atoms with van der Waals surface area (Å²) in [5, 5.41) is 0. The SMILES string of the molecule is COc1ccc(S(=O)(=O)N2CCOC(C(C)N)C2)cc1C. The van der Waals surface area contributed by atoms with E-state index >= 15 is 0 Å². The molecule has 1 aliphatic rings. The van der Waals surface area contributed by atoms with E-state index in [0.29, 0.717) is 18.9 Å². The molecular weight excluding hydrogens is 292 g/mol. The fourth-order valence-corrected chi connectivity index (χ4v) is 3.87. The summed E-state index contributed by atoms with van der Waals surface area (Å²) in [6, 6.07) is 4.66. The van der Waals surface area contributed by atoms with E-state index in [-0.39, 0.29) is 23.6 Å². The van der Waals surface area contributed by atoms with Gasteiger partial charge in [-0.1, -0.05) is 0 Å². The van der Waals surface area contributed by atoms with E-state index in [2.05, 4.69) is 0 Å². The standard InChI is InChI=1S/C14H22N2O4S/c1-10-8-12(4-5-13(10)19-3)21(17,18)16-6-7-20-14(9-16)11(2)15/h4-5,8,11,14H,6-7,9,15H2,1-3H3. The Bertz CT molecular complexity index is 601. The van der Waals surface area contributed by atoms with Crippen LogP contribution < -0.4 is 10.5 Å². The van der Waals surface area contributed by atoms with Gasteiger partial charge < -0.3 is 15.2 Å². The number of hydrogen-bond donors (Lipinski definition) is 1. The minimum Gasteiger partial charge on any atom is -0.496 e. The van der Waals surface area contributed by atoms with Crippen LogP contribution in [0.4, 0.5) is 0 Å². The summed E-state index contributed by atoms with van der Waals surface area (Å²) in [6.07, 6.45) is -0.270. The van der Waals surface area contributed by atoms with Crippen molar-refractivity contribution in [1.29, 1.82) is 0 Å². The first-order valence-electron chi connectivity index (χ1n) is 6.88. The maximum Gasteiger partial charge on any atom is 0.243 e. The summed E-state index contributed by atoms with van der Waals surface area (Å²) in [6.45, 7) is 4.63. The maximum absolute atomic E-state index is 12.7. The largest absolute Gasteiger partial charge is 0.496 e. The van der Waals surface area contributed by atoms with Crippen molar-refractivity contribution in [3.05, 3.63) is 23.8 Å². The zero-order valence-corrected chi connectivity index (χ0v) is 13.4. The molecule has 2 N–H and O–H groups in total. The minimum atomic E-state index is -3.53. The number of rotatable bonds is 4. The third-order valence-electron chi connectivity index (χ3n) is 3.65. The molecule has 2 atom stereocenters. The molecule has 0 aliphatic carbocycles. The molecule has 1 heterocycles. The third kappa shape index (κ3) is 3.37. The van der Waals surface area contributed by atoms with Crippen LogP contribution in [0.1, 0.15) is 12.5 Å². The van der Waals surface area contributed by atoms with Crippen molar-refractivity contribution < 1.29 is 17.9 Å². The number of nitrogens with two attached hydrogens (primary N) is 1. The number of benzene rings is 1. The quantitative estimate of drug-likeness (QED) is 0.886. The molecule has 1 aromatic carbocycles. The van der Waals surface area contributed by atoms with Gasteiger partial charge in [0.25, 0.3) is 0 Å². The summed E-state index contributed by atoms with van der Waals surface area (Å²) in [5.41, 5.74) is 6.60. The van der Waals surface area contributed by atoms with Crippen LogP contribution in [0.2, 0.25) is 0 Å². The van der Waals surface area contributed by atoms with Gasteiger partial charge in [0.05, 0.1) is 24.7 Å². The highest BCUT2D eigenvalue weighted by Crippen LogP contribution is 2.25. The Morgan fingerprint density at radius 1 is 1.48 bits per heavy atom. The van der Waals surface area contributed by atoms with Gasteiger partial charge in [0.1, 0.15) is 5.75 Å². The number of ether oxygens (including phenoxy) is 2. The Balaban J connectivity index is 2.27. The first kappa shape index (κ1) is 16.2. The van der Waals surface area contributed by atoms with Gasteiger partial charge in [-0.15, -0.1) is 0 Å². The lowest BCUT2D eigenvalue weighted by Gasteiger charge is -2.34. The van der Waals surface area contributed by atoms with E-state index in [1.807, 2.05) is 13.8 Å². The van der Waals surface area contributed by atoms with E-state index < -0.39 is 10.0 Å². The van der Waals surface area contributed by atoms with Crippen LogP contribution in [0.15, 0.2) is 23.1 Å². The number of methoxy groups -OCH3 is 1. The molecular formula is C14H22N2O4S. The second-order valence-electron chi connectivity index (χ2n) is 5.26. The van der Waals surface area contributed by atoms with Crippen molar-refractivity contribution in [2.75, 3.05) is 26.8 Å². The first-order valence-corrected chi connectivity index (χ1v) is 8.32. The van der Waals surface area contributed by atoms with Gasteiger partial charge in [0.15, 0.2) is 0 Å². The molecule has 1 aliphatic heterocycles. The smallest absolute Gasteiger partial charge is 0.243 e. The Hall–Kier alpha value is -1.15. The molecule has 0 amide bonds. The average molecular weight is 314 g/mol. The lowest BCUT2D eigenvalue weighted by Crippen LogP contribution is -2.51. The van der Waals surface area contributed by atoms with Crippen molar-refractivity contribution in [3.63, 3.8) is 0 Å². The van der Waals surface area contributed by atoms with Gasteiger partial charge >= 0.3 is 0 Å². The predicted octanol–water partition coefficient (Wildman–Crippen LogP) is 0.740. The molecule has 7 heteroatoms. The van der Waals surface area contributed by atoms with Crippen molar-refractivity contribution >= 4 is 10.0 Å². The van der Waals surface area contributed by atoms with Crippen LogP contribution in [0, 0.1) is 6.92 Å². The molecule has 0 saturated carbocycles. The molecule has 0 bridgehead atoms. The van der Waals surface area contributed by atoms with Crippen LogP contribution in [0.3, 0.4) is 0 Å². The summed E-state index contributed by atoms with van der Waals surface area (Å²) >= 11 is 0. The Morgan fingerprint density at radius 2 is 2.19 bits per heavy atom. The molecule has 21 heavy (non-hydrogen) atoms. The minimum absolute atomic E-state index is 0.208. The van der Waals surface area contributed by atoms with E-state index in [1.165, 1.54) is 4.31 Å². The highest BCUT2D eigenvalue weighted by Gasteiger charge is 2.32. The van der Waals surface area contributed by atoms with Crippen LogP contribution in [-0.4, -0.2) is 51.7 Å². The van der Waals surface area contributed by atoms with E-state index in [4.69, 9.17) is 15.2 Å². The molecule has 0 spiro atoms. The van der Waals surface area contributed by atoms with Crippen LogP contribution in [0.5, 0.6) is 5.75 Å². The molecule has 0 radical (unpaired) electrons. The van der Waals surface area contributed by atoms with Crippen molar-refractivity contribution in [2.24, 2.45) is 5.73 Å². The number of morpholine rings is 1. The Labute approximate surface area is 125 Å². The molecule has 1 saturated heterocycles. The topological polar surface area (TPSA) is 81.9 Å². The summed E-state index contributed by atoms with van der Waals surface area (Å²) < 4.78 is 37.5. The van der Waals surface area contributed by atoms with Crippen molar-refractivity contribution in [2.45, 2.75) is 30.9 Å². The molecule has 118 valence electrons. The Kier molecular flexibility index (Phi) is 4.88. The van der Waals surface area contributed by atoms with Gasteiger partial charge in [-0.2, -0.15) is 4.31 Å². The molecule has 1 aromatic rings. The number of nitrogens with zero attached hydrogens (tertiary/aromatic N) is 1. The fourth-order valence-electron chi connectivity index (χ4n) is 2.35. The van der Waals surface area contributed by atoms with Gasteiger partial charge in [0, 0.05) is 19.1 Å². The fraction of sp³-hybridized carbons (Fsp3) is 0.571. The van der Waals surface area contributed by atoms with Crippen molar-refractivity contribution in [3.8, 4) is 5.75 Å². The summed E-state index contributed by atoms with van der Waals surface area (Å²) in [7, 11) is -1.97. The normalized spacial score (nSPS) is 22.0. The highest BCUT2D eigenvalue weighted by atomic mass is 32.2. The number of aryl methyl sites for hydroxylation is 1. The lowest BCUT2D eigenvalue weighted by atomic mass is 10.2. The molecule has 2 unspecified atom stereocenters. The van der Waals surface area contributed by atoms with Gasteiger partial charge in [-0.3, -0.25) is 0 Å². The monoisotopic (exact) mass is 314 g/mol. The van der Waals surface area contributed by atoms with E-state index in [1.54, 1.807) is 25.3 Å². The third-order valence-corrected chi connectivity index (χ3v) is 5.51. The molecule has 1 fully saturated rings. The predicted molar refractivity (Wildman–Crippen MR) is 79.9 cm³/mol. The molecule has 0 aromatic heterocycles. The maximum atomic E-state index is 12.7.